The molecule has 1 aromatic heterocycles. The van der Waals surface area contributed by atoms with E-state index in [1.807, 2.05) is 6.07 Å². The zero-order valence-corrected chi connectivity index (χ0v) is 12.5. The molecule has 0 spiro atoms. The number of nitrogens with one attached hydrogen (secondary N) is 1. The lowest BCUT2D eigenvalue weighted by Gasteiger charge is -2.60. The number of para-hydroxylation sites is 1. The molecule has 2 unspecified atom stereocenters. The van der Waals surface area contributed by atoms with Crippen molar-refractivity contribution in [3.63, 3.8) is 0 Å². The third-order valence-corrected chi connectivity index (χ3v) is 6.32. The number of aromatic amines is 1. The molecule has 4 fully saturated rings. The normalized spacial score (nSPS) is 41.0. The van der Waals surface area contributed by atoms with Crippen LogP contribution in [0.4, 0.5) is 4.39 Å². The van der Waals surface area contributed by atoms with Crippen LogP contribution in [0.5, 0.6) is 0 Å². The zero-order valence-electron chi connectivity index (χ0n) is 12.5. The van der Waals surface area contributed by atoms with Crippen molar-refractivity contribution in [3.8, 4) is 0 Å². The molecule has 4 bridgehead atoms. The fraction of sp³-hybridized carbons (Fsp3) is 0.611. The first-order valence-electron chi connectivity index (χ1n) is 8.20. The molecule has 3 heteroatoms. The summed E-state index contributed by atoms with van der Waals surface area (Å²) in [5, 5.41) is 0. The maximum atomic E-state index is 14.0. The molecule has 110 valence electrons. The number of halogens is 1. The second kappa shape index (κ2) is 3.68. The van der Waals surface area contributed by atoms with Gasteiger partial charge in [-0.05, 0) is 67.9 Å². The molecule has 1 N–H and O–H groups in total. The lowest BCUT2D eigenvalue weighted by atomic mass is 9.44. The number of H-pyrrole nitrogens is 1. The molecule has 1 heterocycles. The number of hydrogen-bond acceptors (Lipinski definition) is 1. The molecule has 21 heavy (non-hydrogen) atoms. The van der Waals surface area contributed by atoms with Gasteiger partial charge in [0.2, 0.25) is 0 Å². The summed E-state index contributed by atoms with van der Waals surface area (Å²) >= 11 is 0. The lowest BCUT2D eigenvalue weighted by molar-refractivity contribution is -0.0644. The first kappa shape index (κ1) is 12.2. The van der Waals surface area contributed by atoms with Crippen LogP contribution < -0.4 is 0 Å². The Morgan fingerprint density at radius 3 is 2.62 bits per heavy atom. The molecule has 6 rings (SSSR count). The van der Waals surface area contributed by atoms with Gasteiger partial charge in [-0.25, -0.2) is 9.37 Å². The highest BCUT2D eigenvalue weighted by Gasteiger charge is 2.57. The van der Waals surface area contributed by atoms with E-state index < -0.39 is 0 Å². The molecule has 0 radical (unpaired) electrons. The average molecular weight is 284 g/mol. The van der Waals surface area contributed by atoms with Crippen molar-refractivity contribution in [2.75, 3.05) is 0 Å². The summed E-state index contributed by atoms with van der Waals surface area (Å²) in [4.78, 5) is 8.16. The monoisotopic (exact) mass is 284 g/mol. The van der Waals surface area contributed by atoms with E-state index in [4.69, 9.17) is 4.98 Å². The highest BCUT2D eigenvalue weighted by molar-refractivity contribution is 5.75. The molecule has 2 aromatic rings. The first-order valence-corrected chi connectivity index (χ1v) is 8.20. The van der Waals surface area contributed by atoms with Crippen LogP contribution >= 0.6 is 0 Å². The van der Waals surface area contributed by atoms with Crippen LogP contribution in [-0.2, 0) is 5.41 Å². The van der Waals surface area contributed by atoms with Gasteiger partial charge in [-0.15, -0.1) is 0 Å². The maximum Gasteiger partial charge on any atom is 0.151 e. The number of fused-ring (bicyclic) bond motifs is 1. The summed E-state index contributed by atoms with van der Waals surface area (Å²) < 4.78 is 14.0. The van der Waals surface area contributed by atoms with Gasteiger partial charge >= 0.3 is 0 Å². The number of aromatic nitrogens is 2. The maximum absolute atomic E-state index is 14.0. The molecule has 1 aromatic carbocycles. The van der Waals surface area contributed by atoms with Crippen molar-refractivity contribution in [2.45, 2.75) is 50.9 Å². The van der Waals surface area contributed by atoms with Crippen LogP contribution in [0.3, 0.4) is 0 Å². The minimum absolute atomic E-state index is 0.185. The molecular formula is C18H21FN2. The SMILES string of the molecule is CC12CC3CC(C1)CC(c1nc4c(F)cccc4[nH]1)(C3)C2. The van der Waals surface area contributed by atoms with E-state index >= 15 is 0 Å². The molecule has 4 aliphatic rings. The average Bonchev–Trinajstić information content (AvgIpc) is 2.82. The summed E-state index contributed by atoms with van der Waals surface area (Å²) in [7, 11) is 0. The largest absolute Gasteiger partial charge is 0.341 e. The van der Waals surface area contributed by atoms with Crippen LogP contribution in [0.25, 0.3) is 11.0 Å². The molecule has 2 atom stereocenters. The van der Waals surface area contributed by atoms with Gasteiger partial charge in [-0.1, -0.05) is 13.0 Å². The Balaban J connectivity index is 1.66. The van der Waals surface area contributed by atoms with Crippen molar-refractivity contribution < 1.29 is 4.39 Å². The molecule has 0 saturated heterocycles. The van der Waals surface area contributed by atoms with Gasteiger partial charge in [-0.3, -0.25) is 0 Å². The zero-order chi connectivity index (χ0) is 14.2. The standard InChI is InChI=1S/C18H21FN2/c1-17-6-11-5-12(7-17)9-18(8-11,10-17)16-20-14-4-2-3-13(19)15(14)21-16/h2-4,11-12H,5-10H2,1H3,(H,20,21). The van der Waals surface area contributed by atoms with Gasteiger partial charge in [0.05, 0.1) is 5.52 Å². The van der Waals surface area contributed by atoms with Crippen LogP contribution in [0.2, 0.25) is 0 Å². The third-order valence-electron chi connectivity index (χ3n) is 6.32. The minimum Gasteiger partial charge on any atom is -0.341 e. The third kappa shape index (κ3) is 1.60. The Hall–Kier alpha value is -1.38. The van der Waals surface area contributed by atoms with Gasteiger partial charge in [0.25, 0.3) is 0 Å². The van der Waals surface area contributed by atoms with Gasteiger partial charge in [0, 0.05) is 5.41 Å². The minimum atomic E-state index is -0.203. The summed E-state index contributed by atoms with van der Waals surface area (Å²) in [6.45, 7) is 2.46. The number of hydrogen-bond donors (Lipinski definition) is 1. The van der Waals surface area contributed by atoms with Crippen LogP contribution in [0, 0.1) is 23.1 Å². The predicted octanol–water partition coefficient (Wildman–Crippen LogP) is 4.56. The highest BCUT2D eigenvalue weighted by atomic mass is 19.1. The summed E-state index contributed by atoms with van der Waals surface area (Å²) in [5.41, 5.74) is 2.05. The molecular weight excluding hydrogens is 263 g/mol. The van der Waals surface area contributed by atoms with E-state index in [2.05, 4.69) is 11.9 Å². The first-order chi connectivity index (χ1) is 10.1. The number of nitrogens with zero attached hydrogens (tertiary/aromatic N) is 1. The van der Waals surface area contributed by atoms with Crippen molar-refractivity contribution >= 4 is 11.0 Å². The smallest absolute Gasteiger partial charge is 0.151 e. The lowest BCUT2D eigenvalue weighted by Crippen LogP contribution is -2.53. The Kier molecular flexibility index (Phi) is 2.14. The summed E-state index contributed by atoms with van der Waals surface area (Å²) in [6.07, 6.45) is 7.92. The van der Waals surface area contributed by atoms with E-state index in [-0.39, 0.29) is 11.2 Å². The number of imidazole rings is 1. The van der Waals surface area contributed by atoms with E-state index in [0.29, 0.717) is 10.9 Å². The molecule has 0 amide bonds. The van der Waals surface area contributed by atoms with Crippen molar-refractivity contribution in [1.82, 2.24) is 9.97 Å². The van der Waals surface area contributed by atoms with Crippen LogP contribution in [0.15, 0.2) is 18.2 Å². The predicted molar refractivity (Wildman–Crippen MR) is 80.5 cm³/mol. The molecule has 4 aliphatic carbocycles. The second-order valence-corrected chi connectivity index (χ2v) is 8.27. The van der Waals surface area contributed by atoms with Crippen molar-refractivity contribution in [3.05, 3.63) is 29.8 Å². The number of rotatable bonds is 1. The second-order valence-electron chi connectivity index (χ2n) is 8.27. The number of benzene rings is 1. The fourth-order valence-electron chi connectivity index (χ4n) is 6.25. The van der Waals surface area contributed by atoms with Gasteiger partial charge in [-0.2, -0.15) is 0 Å². The van der Waals surface area contributed by atoms with Crippen LogP contribution in [0.1, 0.15) is 51.3 Å². The Labute approximate surface area is 124 Å². The van der Waals surface area contributed by atoms with E-state index in [1.165, 1.54) is 44.6 Å². The molecule has 2 nitrogen and oxygen atoms in total. The summed E-state index contributed by atoms with van der Waals surface area (Å²) in [6, 6.07) is 5.21. The van der Waals surface area contributed by atoms with Crippen molar-refractivity contribution in [1.29, 1.82) is 0 Å². The summed E-state index contributed by atoms with van der Waals surface area (Å²) in [5.74, 6) is 2.57. The quantitative estimate of drug-likeness (QED) is 0.817. The Morgan fingerprint density at radius 2 is 1.95 bits per heavy atom. The molecule has 0 aliphatic heterocycles. The van der Waals surface area contributed by atoms with E-state index in [1.54, 1.807) is 6.07 Å². The molecule has 4 saturated carbocycles. The van der Waals surface area contributed by atoms with Crippen LogP contribution in [-0.4, -0.2) is 9.97 Å². The topological polar surface area (TPSA) is 28.7 Å². The van der Waals surface area contributed by atoms with E-state index in [0.717, 1.165) is 23.2 Å². The van der Waals surface area contributed by atoms with E-state index in [9.17, 15) is 4.39 Å². The van der Waals surface area contributed by atoms with Gasteiger partial charge in [0.15, 0.2) is 5.82 Å². The fourth-order valence-corrected chi connectivity index (χ4v) is 6.25. The Morgan fingerprint density at radius 1 is 1.19 bits per heavy atom. The van der Waals surface area contributed by atoms with Gasteiger partial charge in [0.1, 0.15) is 11.3 Å². The Bertz CT molecular complexity index is 718. The van der Waals surface area contributed by atoms with Gasteiger partial charge < -0.3 is 4.98 Å². The highest BCUT2D eigenvalue weighted by Crippen LogP contribution is 2.65. The van der Waals surface area contributed by atoms with Crippen molar-refractivity contribution in [2.24, 2.45) is 17.3 Å².